The van der Waals surface area contributed by atoms with Crippen LogP contribution >= 0.6 is 15.9 Å². The van der Waals surface area contributed by atoms with Crippen LogP contribution in [0.2, 0.25) is 0 Å². The molecule has 0 atom stereocenters. The Hall–Kier alpha value is -0.630. The monoisotopic (exact) mass is 225 g/mol. The zero-order valence-electron chi connectivity index (χ0n) is 7.39. The normalized spacial score (nSPS) is 9.92. The first kappa shape index (κ1) is 9.46. The van der Waals surface area contributed by atoms with Gasteiger partial charge < -0.3 is 0 Å². The highest BCUT2D eigenvalue weighted by Gasteiger charge is 2.02. The molecule has 2 heteroatoms. The Morgan fingerprint density at radius 1 is 1.67 bits per heavy atom. The molecule has 0 saturated heterocycles. The van der Waals surface area contributed by atoms with Crippen LogP contribution in [0.1, 0.15) is 25.1 Å². The highest BCUT2D eigenvalue weighted by Crippen LogP contribution is 2.19. The molecule has 12 heavy (non-hydrogen) atoms. The van der Waals surface area contributed by atoms with Gasteiger partial charge in [0.2, 0.25) is 0 Å². The molecule has 64 valence electrons. The number of allylic oxidation sites excluding steroid dienone is 1. The molecule has 0 aliphatic heterocycles. The van der Waals surface area contributed by atoms with Gasteiger partial charge in [-0.2, -0.15) is 0 Å². The minimum absolute atomic E-state index is 0.995. The average Bonchev–Trinajstić information content (AvgIpc) is 2.03. The Morgan fingerprint density at radius 3 is 2.83 bits per heavy atom. The van der Waals surface area contributed by atoms with Crippen molar-refractivity contribution >= 4 is 21.5 Å². The van der Waals surface area contributed by atoms with Crippen LogP contribution in [-0.2, 0) is 6.42 Å². The maximum atomic E-state index is 4.30. The van der Waals surface area contributed by atoms with E-state index in [0.717, 1.165) is 22.2 Å². The van der Waals surface area contributed by atoms with Crippen molar-refractivity contribution in [3.05, 3.63) is 34.6 Å². The van der Waals surface area contributed by atoms with Gasteiger partial charge >= 0.3 is 0 Å². The lowest BCUT2D eigenvalue weighted by molar-refractivity contribution is 1.07. The van der Waals surface area contributed by atoms with Gasteiger partial charge in [0.25, 0.3) is 0 Å². The standard InChI is InChI=1S/C10H12BrN/c1-4-8-5-9(11)6-12-10(8)7(2)3/h5-6H,2,4H2,1,3H3. The van der Waals surface area contributed by atoms with E-state index in [1.54, 1.807) is 0 Å². The summed E-state index contributed by atoms with van der Waals surface area (Å²) >= 11 is 3.39. The molecular weight excluding hydrogens is 214 g/mol. The molecule has 0 bridgehead atoms. The van der Waals surface area contributed by atoms with Crippen LogP contribution in [0.15, 0.2) is 23.3 Å². The first-order valence-corrected chi connectivity index (χ1v) is 4.74. The average molecular weight is 226 g/mol. The molecule has 0 saturated carbocycles. The van der Waals surface area contributed by atoms with E-state index in [9.17, 15) is 0 Å². The molecule has 0 aliphatic rings. The van der Waals surface area contributed by atoms with Gasteiger partial charge in [0, 0.05) is 10.7 Å². The van der Waals surface area contributed by atoms with Crippen molar-refractivity contribution in [1.29, 1.82) is 0 Å². The quantitative estimate of drug-likeness (QED) is 0.752. The van der Waals surface area contributed by atoms with Gasteiger partial charge in [0.15, 0.2) is 0 Å². The SMILES string of the molecule is C=C(C)c1ncc(Br)cc1CC. The first-order valence-electron chi connectivity index (χ1n) is 3.95. The maximum Gasteiger partial charge on any atom is 0.0685 e. The highest BCUT2D eigenvalue weighted by molar-refractivity contribution is 9.10. The van der Waals surface area contributed by atoms with Crippen molar-refractivity contribution in [3.63, 3.8) is 0 Å². The second kappa shape index (κ2) is 3.85. The predicted molar refractivity (Wildman–Crippen MR) is 56.0 cm³/mol. The summed E-state index contributed by atoms with van der Waals surface area (Å²) in [6.45, 7) is 7.99. The van der Waals surface area contributed by atoms with E-state index < -0.39 is 0 Å². The number of halogens is 1. The Bertz CT molecular complexity index is 305. The summed E-state index contributed by atoms with van der Waals surface area (Å²) in [6, 6.07) is 2.09. The summed E-state index contributed by atoms with van der Waals surface area (Å²) in [5.41, 5.74) is 3.30. The molecule has 1 heterocycles. The third-order valence-corrected chi connectivity index (χ3v) is 2.15. The topological polar surface area (TPSA) is 12.9 Å². The lowest BCUT2D eigenvalue weighted by Gasteiger charge is -2.05. The van der Waals surface area contributed by atoms with Gasteiger partial charge in [-0.1, -0.05) is 13.5 Å². The Labute approximate surface area is 81.7 Å². The molecule has 0 fully saturated rings. The van der Waals surface area contributed by atoms with Gasteiger partial charge in [0.1, 0.15) is 0 Å². The van der Waals surface area contributed by atoms with E-state index in [4.69, 9.17) is 0 Å². The fourth-order valence-electron chi connectivity index (χ4n) is 1.13. The van der Waals surface area contributed by atoms with E-state index in [1.807, 2.05) is 13.1 Å². The summed E-state index contributed by atoms with van der Waals surface area (Å²) in [6.07, 6.45) is 2.80. The number of hydrogen-bond donors (Lipinski definition) is 0. The molecule has 1 rings (SSSR count). The van der Waals surface area contributed by atoms with E-state index >= 15 is 0 Å². The third kappa shape index (κ3) is 1.95. The molecule has 0 aromatic carbocycles. The number of pyridine rings is 1. The second-order valence-electron chi connectivity index (χ2n) is 2.80. The molecule has 0 amide bonds. The van der Waals surface area contributed by atoms with Gasteiger partial charge in [-0.05, 0) is 46.5 Å². The minimum atomic E-state index is 0.995. The molecule has 1 aromatic heterocycles. The molecule has 1 nitrogen and oxygen atoms in total. The number of aryl methyl sites for hydroxylation is 1. The van der Waals surface area contributed by atoms with E-state index in [-0.39, 0.29) is 0 Å². The van der Waals surface area contributed by atoms with Gasteiger partial charge in [0.05, 0.1) is 5.69 Å². The molecular formula is C10H12BrN. The molecule has 0 radical (unpaired) electrons. The minimum Gasteiger partial charge on any atom is -0.255 e. The first-order chi connectivity index (χ1) is 5.65. The Kier molecular flexibility index (Phi) is 3.04. The van der Waals surface area contributed by atoms with Gasteiger partial charge in [-0.25, -0.2) is 0 Å². The Balaban J connectivity index is 3.20. The van der Waals surface area contributed by atoms with Crippen LogP contribution in [0.4, 0.5) is 0 Å². The zero-order chi connectivity index (χ0) is 9.14. The van der Waals surface area contributed by atoms with Crippen molar-refractivity contribution in [2.45, 2.75) is 20.3 Å². The number of aromatic nitrogens is 1. The summed E-state index contributed by atoms with van der Waals surface area (Å²) < 4.78 is 1.03. The van der Waals surface area contributed by atoms with Crippen LogP contribution in [-0.4, -0.2) is 4.98 Å². The van der Waals surface area contributed by atoms with Crippen LogP contribution in [0.25, 0.3) is 5.57 Å². The fourth-order valence-corrected chi connectivity index (χ4v) is 1.51. The van der Waals surface area contributed by atoms with Gasteiger partial charge in [-0.3, -0.25) is 4.98 Å². The van der Waals surface area contributed by atoms with Crippen LogP contribution < -0.4 is 0 Å². The molecule has 0 spiro atoms. The molecule has 0 unspecified atom stereocenters. The molecule has 0 aliphatic carbocycles. The molecule has 0 N–H and O–H groups in total. The van der Waals surface area contributed by atoms with Crippen molar-refractivity contribution in [2.24, 2.45) is 0 Å². The van der Waals surface area contributed by atoms with E-state index in [0.29, 0.717) is 0 Å². The highest BCUT2D eigenvalue weighted by atomic mass is 79.9. The fraction of sp³-hybridized carbons (Fsp3) is 0.300. The van der Waals surface area contributed by atoms with Crippen LogP contribution in [0.3, 0.4) is 0 Å². The van der Waals surface area contributed by atoms with Crippen molar-refractivity contribution < 1.29 is 0 Å². The molecule has 1 aromatic rings. The number of rotatable bonds is 2. The third-order valence-electron chi connectivity index (χ3n) is 1.72. The lowest BCUT2D eigenvalue weighted by Crippen LogP contribution is -1.93. The van der Waals surface area contributed by atoms with Crippen molar-refractivity contribution in [2.75, 3.05) is 0 Å². The largest absolute Gasteiger partial charge is 0.255 e. The van der Waals surface area contributed by atoms with Crippen molar-refractivity contribution in [1.82, 2.24) is 4.98 Å². The van der Waals surface area contributed by atoms with Crippen molar-refractivity contribution in [3.8, 4) is 0 Å². The van der Waals surface area contributed by atoms with Gasteiger partial charge in [-0.15, -0.1) is 0 Å². The smallest absolute Gasteiger partial charge is 0.0685 e. The second-order valence-corrected chi connectivity index (χ2v) is 3.71. The maximum absolute atomic E-state index is 4.30. The summed E-state index contributed by atoms with van der Waals surface area (Å²) in [5.74, 6) is 0. The summed E-state index contributed by atoms with van der Waals surface area (Å²) in [5, 5.41) is 0. The number of hydrogen-bond acceptors (Lipinski definition) is 1. The van der Waals surface area contributed by atoms with E-state index in [1.165, 1.54) is 5.56 Å². The predicted octanol–water partition coefficient (Wildman–Crippen LogP) is 3.44. The number of nitrogens with zero attached hydrogens (tertiary/aromatic N) is 1. The zero-order valence-corrected chi connectivity index (χ0v) is 8.98. The lowest BCUT2D eigenvalue weighted by atomic mass is 10.1. The Morgan fingerprint density at radius 2 is 2.33 bits per heavy atom. The summed E-state index contributed by atoms with van der Waals surface area (Å²) in [4.78, 5) is 4.30. The summed E-state index contributed by atoms with van der Waals surface area (Å²) in [7, 11) is 0. The van der Waals surface area contributed by atoms with E-state index in [2.05, 4.69) is 40.5 Å². The van der Waals surface area contributed by atoms with Crippen LogP contribution in [0, 0.1) is 0 Å². The van der Waals surface area contributed by atoms with Crippen LogP contribution in [0.5, 0.6) is 0 Å².